The molecule has 5 rings (SSSR count). The summed E-state index contributed by atoms with van der Waals surface area (Å²) in [6, 6.07) is 13.3. The van der Waals surface area contributed by atoms with Gasteiger partial charge in [0.05, 0.1) is 17.9 Å². The fraction of sp³-hybridized carbons (Fsp3) is 0.292. The molecule has 0 spiro atoms. The molecule has 9 heteroatoms. The van der Waals surface area contributed by atoms with E-state index in [0.717, 1.165) is 30.6 Å². The van der Waals surface area contributed by atoms with Crippen molar-refractivity contribution in [2.75, 3.05) is 11.9 Å². The summed E-state index contributed by atoms with van der Waals surface area (Å²) in [4.78, 5) is 17.9. The van der Waals surface area contributed by atoms with Gasteiger partial charge in [-0.1, -0.05) is 6.07 Å². The molecular weight excluding hydrogens is 418 g/mol. The molecule has 4 heterocycles. The number of ether oxygens (including phenoxy) is 1. The van der Waals surface area contributed by atoms with Crippen LogP contribution in [0.2, 0.25) is 0 Å². The van der Waals surface area contributed by atoms with Crippen molar-refractivity contribution < 1.29 is 9.53 Å². The summed E-state index contributed by atoms with van der Waals surface area (Å²) in [5.41, 5.74) is 2.96. The van der Waals surface area contributed by atoms with E-state index < -0.39 is 0 Å². The molecule has 3 aromatic heterocycles. The Morgan fingerprint density at radius 1 is 1.12 bits per heavy atom. The number of carbonyl (C=O) groups is 1. The number of hydrogen-bond acceptors (Lipinski definition) is 6. The number of pyridine rings is 1. The molecule has 0 radical (unpaired) electrons. The van der Waals surface area contributed by atoms with Gasteiger partial charge in [-0.3, -0.25) is 9.48 Å². The molecule has 33 heavy (non-hydrogen) atoms. The van der Waals surface area contributed by atoms with Crippen LogP contribution in [0.1, 0.15) is 43.1 Å². The molecule has 1 N–H and O–H groups in total. The van der Waals surface area contributed by atoms with Gasteiger partial charge in [-0.15, -0.1) is 10.2 Å². The lowest BCUT2D eigenvalue weighted by atomic mass is 10.1. The molecule has 0 unspecified atom stereocenters. The summed E-state index contributed by atoms with van der Waals surface area (Å²) in [5, 5.41) is 15.6. The third-order valence-corrected chi connectivity index (χ3v) is 5.57. The highest BCUT2D eigenvalue weighted by Crippen LogP contribution is 2.29. The first kappa shape index (κ1) is 20.9. The van der Waals surface area contributed by atoms with Crippen LogP contribution in [-0.2, 0) is 6.54 Å². The van der Waals surface area contributed by atoms with Crippen LogP contribution in [0.15, 0.2) is 55.0 Å². The Bertz CT molecular complexity index is 1290. The smallest absolute Gasteiger partial charge is 0.260 e. The van der Waals surface area contributed by atoms with Gasteiger partial charge in [0.2, 0.25) is 0 Å². The van der Waals surface area contributed by atoms with Gasteiger partial charge in [-0.25, -0.2) is 4.98 Å². The van der Waals surface area contributed by atoms with E-state index in [1.165, 1.54) is 0 Å². The van der Waals surface area contributed by atoms with Crippen LogP contribution >= 0.6 is 0 Å². The zero-order valence-corrected chi connectivity index (χ0v) is 18.6. The number of rotatable bonds is 2. The average molecular weight is 444 g/mol. The van der Waals surface area contributed by atoms with E-state index in [-0.39, 0.29) is 11.9 Å². The fourth-order valence-electron chi connectivity index (χ4n) is 3.94. The predicted octanol–water partition coefficient (Wildman–Crippen LogP) is 4.21. The molecule has 168 valence electrons. The summed E-state index contributed by atoms with van der Waals surface area (Å²) in [6.45, 7) is 5.41. The van der Waals surface area contributed by atoms with Gasteiger partial charge >= 0.3 is 0 Å². The van der Waals surface area contributed by atoms with E-state index >= 15 is 0 Å². The predicted molar refractivity (Wildman–Crippen MR) is 124 cm³/mol. The number of amides is 1. The summed E-state index contributed by atoms with van der Waals surface area (Å²) in [7, 11) is 0. The zero-order valence-electron chi connectivity index (χ0n) is 18.6. The van der Waals surface area contributed by atoms with Crippen molar-refractivity contribution in [3.63, 3.8) is 0 Å². The van der Waals surface area contributed by atoms with E-state index in [0.29, 0.717) is 35.3 Å². The highest BCUT2D eigenvalue weighted by atomic mass is 16.5. The minimum atomic E-state index is -0.286. The number of aromatic nitrogens is 6. The molecule has 0 saturated carbocycles. The van der Waals surface area contributed by atoms with Gasteiger partial charge in [-0.2, -0.15) is 5.10 Å². The average Bonchev–Trinajstić information content (AvgIpc) is 3.48. The number of anilines is 1. The Labute approximate surface area is 191 Å². The van der Waals surface area contributed by atoms with Crippen molar-refractivity contribution in [2.45, 2.75) is 39.3 Å². The van der Waals surface area contributed by atoms with Gasteiger partial charge in [-0.05, 0) is 63.1 Å². The van der Waals surface area contributed by atoms with E-state index in [9.17, 15) is 4.79 Å². The van der Waals surface area contributed by atoms with Gasteiger partial charge in [0.25, 0.3) is 5.91 Å². The van der Waals surface area contributed by atoms with Crippen molar-refractivity contribution in [1.29, 1.82) is 0 Å². The molecule has 1 aromatic carbocycles. The van der Waals surface area contributed by atoms with Crippen LogP contribution in [0.25, 0.3) is 22.8 Å². The number of carbonyl (C=O) groups excluding carboxylic acids is 1. The largest absolute Gasteiger partial charge is 0.493 e. The van der Waals surface area contributed by atoms with Crippen molar-refractivity contribution >= 4 is 11.7 Å². The summed E-state index contributed by atoms with van der Waals surface area (Å²) in [5.74, 6) is 1.37. The minimum absolute atomic E-state index is 0.197. The molecule has 2 bridgehead atoms. The number of aryl methyl sites for hydroxylation is 1. The second kappa shape index (κ2) is 8.85. The SMILES string of the molecule is CC(C)n1nccc1-c1ccc2c(c1)C(=O)Nc1cccc(n1)-c1nncn1CCCCO2. The van der Waals surface area contributed by atoms with Crippen molar-refractivity contribution in [3.05, 3.63) is 60.6 Å². The highest BCUT2D eigenvalue weighted by molar-refractivity contribution is 6.06. The number of hydrogen-bond donors (Lipinski definition) is 1. The molecule has 1 amide bonds. The first-order valence-corrected chi connectivity index (χ1v) is 11.1. The van der Waals surface area contributed by atoms with Crippen LogP contribution in [0.5, 0.6) is 5.75 Å². The second-order valence-corrected chi connectivity index (χ2v) is 8.23. The number of nitrogens with one attached hydrogen (secondary N) is 1. The number of nitrogens with zero attached hydrogens (tertiary/aromatic N) is 6. The lowest BCUT2D eigenvalue weighted by molar-refractivity contribution is 0.102. The van der Waals surface area contributed by atoms with E-state index in [1.807, 2.05) is 45.6 Å². The molecule has 4 aromatic rings. The number of benzene rings is 1. The molecule has 9 nitrogen and oxygen atoms in total. The van der Waals surface area contributed by atoms with Crippen molar-refractivity contribution in [3.8, 4) is 28.5 Å². The van der Waals surface area contributed by atoms with E-state index in [2.05, 4.69) is 39.4 Å². The van der Waals surface area contributed by atoms with Gasteiger partial charge in [0.1, 0.15) is 23.6 Å². The summed E-state index contributed by atoms with van der Waals surface area (Å²) < 4.78 is 9.94. The lowest BCUT2D eigenvalue weighted by Crippen LogP contribution is -2.16. The lowest BCUT2D eigenvalue weighted by Gasteiger charge is -2.16. The molecule has 1 aliphatic heterocycles. The summed E-state index contributed by atoms with van der Waals surface area (Å²) >= 11 is 0. The van der Waals surface area contributed by atoms with Crippen LogP contribution in [0.3, 0.4) is 0 Å². The van der Waals surface area contributed by atoms with Crippen LogP contribution in [0.4, 0.5) is 5.82 Å². The van der Waals surface area contributed by atoms with Gasteiger partial charge in [0.15, 0.2) is 5.82 Å². The Balaban J connectivity index is 1.54. The fourth-order valence-corrected chi connectivity index (χ4v) is 3.94. The first-order valence-electron chi connectivity index (χ1n) is 11.1. The molecule has 0 atom stereocenters. The molecule has 0 fully saturated rings. The molecule has 0 aliphatic carbocycles. The van der Waals surface area contributed by atoms with Crippen LogP contribution < -0.4 is 10.1 Å². The van der Waals surface area contributed by atoms with Gasteiger partial charge < -0.3 is 14.6 Å². The quantitative estimate of drug-likeness (QED) is 0.498. The monoisotopic (exact) mass is 443 g/mol. The maximum atomic E-state index is 13.3. The Morgan fingerprint density at radius 3 is 2.91 bits per heavy atom. The van der Waals surface area contributed by atoms with Gasteiger partial charge in [0, 0.05) is 24.3 Å². The Morgan fingerprint density at radius 2 is 2.03 bits per heavy atom. The number of fused-ring (bicyclic) bond motifs is 5. The molecular formula is C24H25N7O2. The Kier molecular flexibility index (Phi) is 5.60. The Hall–Kier alpha value is -4.01. The zero-order chi connectivity index (χ0) is 22.8. The normalized spacial score (nSPS) is 14.1. The first-order chi connectivity index (χ1) is 16.1. The maximum absolute atomic E-state index is 13.3. The standard InChI is InChI=1S/C24H25N7O2/c1-16(2)31-20(10-11-26-31)17-8-9-21-18(14-17)24(32)28-22-7-5-6-19(27-22)23-29-25-15-30(23)12-3-4-13-33-21/h5-11,14-16H,3-4,12-13H2,1-2H3,(H,27,28,32). The minimum Gasteiger partial charge on any atom is -0.493 e. The second-order valence-electron chi connectivity index (χ2n) is 8.23. The summed E-state index contributed by atoms with van der Waals surface area (Å²) in [6.07, 6.45) is 5.19. The topological polar surface area (TPSA) is 99.8 Å². The van der Waals surface area contributed by atoms with Crippen LogP contribution in [0, 0.1) is 0 Å². The molecule has 1 aliphatic rings. The van der Waals surface area contributed by atoms with Crippen LogP contribution in [-0.4, -0.2) is 42.0 Å². The van der Waals surface area contributed by atoms with E-state index in [1.54, 1.807) is 18.6 Å². The maximum Gasteiger partial charge on any atom is 0.260 e. The van der Waals surface area contributed by atoms with Crippen molar-refractivity contribution in [2.24, 2.45) is 0 Å². The highest BCUT2D eigenvalue weighted by Gasteiger charge is 2.19. The van der Waals surface area contributed by atoms with Crippen molar-refractivity contribution in [1.82, 2.24) is 29.5 Å². The molecule has 0 saturated heterocycles. The van der Waals surface area contributed by atoms with E-state index in [4.69, 9.17) is 4.74 Å². The third-order valence-electron chi connectivity index (χ3n) is 5.57. The third kappa shape index (κ3) is 4.21.